The number of ether oxygens (including phenoxy) is 2. The van der Waals surface area contributed by atoms with Crippen molar-refractivity contribution in [2.24, 2.45) is 0 Å². The molecular weight excluding hydrogens is 643 g/mol. The fraction of sp³-hybridized carbons (Fsp3) is 0.156. The summed E-state index contributed by atoms with van der Waals surface area (Å²) in [6, 6.07) is 23.6. The Morgan fingerprint density at radius 2 is 1.71 bits per heavy atom. The Labute approximate surface area is 260 Å². The first kappa shape index (κ1) is 28.3. The number of anilines is 1. The predicted molar refractivity (Wildman–Crippen MR) is 163 cm³/mol. The minimum Gasteiger partial charge on any atom is -0.465 e. The Balaban J connectivity index is 1.54. The number of esters is 1. The van der Waals surface area contributed by atoms with Gasteiger partial charge in [0, 0.05) is 38.1 Å². The molecule has 0 radical (unpaired) electrons. The molecule has 212 valence electrons. The van der Waals surface area contributed by atoms with E-state index in [1.807, 2.05) is 30.3 Å². The van der Waals surface area contributed by atoms with Crippen molar-refractivity contribution >= 4 is 62.6 Å². The number of carbonyl (C=O) groups is 3. The minimum atomic E-state index is -1.27. The lowest BCUT2D eigenvalue weighted by molar-refractivity contribution is -0.131. The number of carbonyl (C=O) groups excluding carboxylic acids is 3. The number of methoxy groups -OCH3 is 1. The Morgan fingerprint density at radius 3 is 2.45 bits per heavy atom. The highest BCUT2D eigenvalue weighted by Crippen LogP contribution is 2.58. The summed E-state index contributed by atoms with van der Waals surface area (Å²) in [5.41, 5.74) is 1.74. The maximum atomic E-state index is 14.3. The van der Waals surface area contributed by atoms with Crippen LogP contribution in [0.2, 0.25) is 10.0 Å². The van der Waals surface area contributed by atoms with E-state index in [2.05, 4.69) is 26.6 Å². The zero-order valence-electron chi connectivity index (χ0n) is 22.1. The summed E-state index contributed by atoms with van der Waals surface area (Å²) in [6.07, 6.45) is 0.0610. The highest BCUT2D eigenvalue weighted by molar-refractivity contribution is 9.10. The second kappa shape index (κ2) is 11.1. The predicted octanol–water partition coefficient (Wildman–Crippen LogP) is 7.57. The Kier molecular flexibility index (Phi) is 7.47. The molecule has 2 amide bonds. The van der Waals surface area contributed by atoms with Crippen LogP contribution in [0.3, 0.4) is 0 Å². The Hall–Kier alpha value is -3.85. The molecule has 4 aromatic carbocycles. The van der Waals surface area contributed by atoms with Crippen LogP contribution in [-0.4, -0.2) is 24.9 Å². The summed E-state index contributed by atoms with van der Waals surface area (Å²) in [5.74, 6) is -0.644. The molecule has 1 saturated heterocycles. The largest absolute Gasteiger partial charge is 0.465 e. The smallest absolute Gasteiger partial charge is 0.337 e. The van der Waals surface area contributed by atoms with Crippen molar-refractivity contribution < 1.29 is 23.9 Å². The SMILES string of the molecule is COC(=O)c1ccc(Oc2ccc(Br)cc2[C@@H]2NC(=O)C[C@H](c3cccc(Cl)c3)[C@@]23C(=O)Nc2cc(Cl)ccc23)cc1. The molecule has 2 aliphatic heterocycles. The summed E-state index contributed by atoms with van der Waals surface area (Å²) in [5, 5.41) is 7.13. The van der Waals surface area contributed by atoms with E-state index < -0.39 is 23.3 Å². The molecule has 2 N–H and O–H groups in total. The van der Waals surface area contributed by atoms with E-state index in [4.69, 9.17) is 32.7 Å². The molecule has 1 spiro atoms. The molecule has 0 unspecified atom stereocenters. The molecule has 0 aliphatic carbocycles. The molecule has 2 aliphatic rings. The lowest BCUT2D eigenvalue weighted by atomic mass is 9.59. The van der Waals surface area contributed by atoms with Crippen LogP contribution in [0.1, 0.15) is 45.4 Å². The lowest BCUT2D eigenvalue weighted by Crippen LogP contribution is -2.56. The van der Waals surface area contributed by atoms with Crippen LogP contribution in [0, 0.1) is 0 Å². The van der Waals surface area contributed by atoms with E-state index in [-0.39, 0.29) is 18.2 Å². The first-order valence-corrected chi connectivity index (χ1v) is 14.6. The first-order valence-electron chi connectivity index (χ1n) is 13.0. The standard InChI is InChI=1S/C32H23BrCl2N2O5/c1-41-30(39)17-5-9-22(10-6-17)42-27-12-7-19(33)14-23(27)29-32(24-11-8-21(35)15-26(24)36-31(32)40)25(16-28(38)37-29)18-3-2-4-20(34)13-18/h2-15,25,29H,16H2,1H3,(H,36,40)(H,37,38)/t25-,29+,32-/m1/s1. The summed E-state index contributed by atoms with van der Waals surface area (Å²) in [6.45, 7) is 0. The van der Waals surface area contributed by atoms with Gasteiger partial charge >= 0.3 is 5.97 Å². The van der Waals surface area contributed by atoms with Crippen LogP contribution in [-0.2, 0) is 19.7 Å². The maximum absolute atomic E-state index is 14.3. The van der Waals surface area contributed by atoms with Gasteiger partial charge in [0.05, 0.1) is 18.7 Å². The number of piperidine rings is 1. The van der Waals surface area contributed by atoms with Crippen molar-refractivity contribution in [3.05, 3.63) is 122 Å². The van der Waals surface area contributed by atoms with Crippen LogP contribution in [0.4, 0.5) is 5.69 Å². The van der Waals surface area contributed by atoms with Gasteiger partial charge in [0.25, 0.3) is 0 Å². The van der Waals surface area contributed by atoms with E-state index in [1.165, 1.54) is 7.11 Å². The molecule has 7 nitrogen and oxygen atoms in total. The maximum Gasteiger partial charge on any atom is 0.337 e. The van der Waals surface area contributed by atoms with Gasteiger partial charge in [-0.1, -0.05) is 57.3 Å². The van der Waals surface area contributed by atoms with Crippen LogP contribution < -0.4 is 15.4 Å². The minimum absolute atomic E-state index is 0.0610. The van der Waals surface area contributed by atoms with Crippen molar-refractivity contribution in [1.82, 2.24) is 5.32 Å². The lowest BCUT2D eigenvalue weighted by Gasteiger charge is -2.46. The number of nitrogens with one attached hydrogen (secondary N) is 2. The van der Waals surface area contributed by atoms with Crippen molar-refractivity contribution in [3.63, 3.8) is 0 Å². The first-order chi connectivity index (χ1) is 20.2. The number of amides is 2. The van der Waals surface area contributed by atoms with E-state index in [1.54, 1.807) is 54.6 Å². The van der Waals surface area contributed by atoms with Crippen LogP contribution in [0.5, 0.6) is 11.5 Å². The molecule has 10 heteroatoms. The molecule has 1 fully saturated rings. The molecular formula is C32H23BrCl2N2O5. The number of hydrogen-bond acceptors (Lipinski definition) is 5. The zero-order valence-corrected chi connectivity index (χ0v) is 25.2. The molecule has 2 heterocycles. The summed E-state index contributed by atoms with van der Waals surface area (Å²) in [7, 11) is 1.32. The number of hydrogen-bond donors (Lipinski definition) is 2. The highest BCUT2D eigenvalue weighted by atomic mass is 79.9. The van der Waals surface area contributed by atoms with Crippen LogP contribution >= 0.6 is 39.1 Å². The van der Waals surface area contributed by atoms with Gasteiger partial charge in [-0.05, 0) is 77.9 Å². The average molecular weight is 666 g/mol. The van der Waals surface area contributed by atoms with Crippen molar-refractivity contribution in [1.29, 1.82) is 0 Å². The van der Waals surface area contributed by atoms with Crippen LogP contribution in [0.15, 0.2) is 89.4 Å². The van der Waals surface area contributed by atoms with Gasteiger partial charge in [-0.25, -0.2) is 4.79 Å². The van der Waals surface area contributed by atoms with Crippen molar-refractivity contribution in [2.45, 2.75) is 23.8 Å². The van der Waals surface area contributed by atoms with Gasteiger partial charge in [0.15, 0.2) is 0 Å². The quantitative estimate of drug-likeness (QED) is 0.215. The molecule has 6 rings (SSSR count). The third-order valence-corrected chi connectivity index (χ3v) is 8.75. The fourth-order valence-electron chi connectivity index (χ4n) is 6.01. The van der Waals surface area contributed by atoms with E-state index in [9.17, 15) is 14.4 Å². The van der Waals surface area contributed by atoms with Gasteiger partial charge in [-0.3, -0.25) is 9.59 Å². The second-order valence-corrected chi connectivity index (χ2v) is 11.9. The number of fused-ring (bicyclic) bond motifs is 2. The van der Waals surface area contributed by atoms with E-state index >= 15 is 0 Å². The third-order valence-electron chi connectivity index (χ3n) is 7.79. The van der Waals surface area contributed by atoms with E-state index in [0.717, 1.165) is 10.0 Å². The third kappa shape index (κ3) is 4.83. The Bertz CT molecular complexity index is 1750. The average Bonchev–Trinajstić information content (AvgIpc) is 3.25. The summed E-state index contributed by atoms with van der Waals surface area (Å²) in [4.78, 5) is 39.7. The van der Waals surface area contributed by atoms with Crippen molar-refractivity contribution in [3.8, 4) is 11.5 Å². The molecule has 4 aromatic rings. The number of benzene rings is 4. The summed E-state index contributed by atoms with van der Waals surface area (Å²) >= 11 is 16.3. The molecule has 0 saturated carbocycles. The monoisotopic (exact) mass is 664 g/mol. The van der Waals surface area contributed by atoms with Gasteiger partial charge < -0.3 is 20.1 Å². The zero-order chi connectivity index (χ0) is 29.6. The Morgan fingerprint density at radius 1 is 0.952 bits per heavy atom. The van der Waals surface area contributed by atoms with Crippen LogP contribution in [0.25, 0.3) is 0 Å². The van der Waals surface area contributed by atoms with Crippen molar-refractivity contribution in [2.75, 3.05) is 12.4 Å². The number of rotatable bonds is 5. The second-order valence-electron chi connectivity index (χ2n) is 10.1. The summed E-state index contributed by atoms with van der Waals surface area (Å²) < 4.78 is 11.8. The molecule has 42 heavy (non-hydrogen) atoms. The fourth-order valence-corrected chi connectivity index (χ4v) is 6.76. The van der Waals surface area contributed by atoms with Gasteiger partial charge in [0.1, 0.15) is 16.9 Å². The normalized spacial score (nSPS) is 21.0. The molecule has 0 bridgehead atoms. The highest BCUT2D eigenvalue weighted by Gasteiger charge is 2.61. The van der Waals surface area contributed by atoms with Gasteiger partial charge in [0.2, 0.25) is 11.8 Å². The molecule has 0 aromatic heterocycles. The number of halogens is 3. The van der Waals surface area contributed by atoms with Gasteiger partial charge in [-0.2, -0.15) is 0 Å². The molecule has 3 atom stereocenters. The topological polar surface area (TPSA) is 93.7 Å². The van der Waals surface area contributed by atoms with Gasteiger partial charge in [-0.15, -0.1) is 0 Å². The van der Waals surface area contributed by atoms with E-state index in [0.29, 0.717) is 43.9 Å².